The molecule has 2 unspecified atom stereocenters. The molecule has 0 aromatic carbocycles. The molecule has 0 aliphatic rings. The number of nitrogens with one attached hydrogen (secondary N) is 2. The van der Waals surface area contributed by atoms with Gasteiger partial charge in [0.2, 0.25) is 11.8 Å². The number of azide groups is 2. The molecule has 2 atom stereocenters. The third kappa shape index (κ3) is 9.11. The SMILES string of the molecule is CC(N=[N+]=[N-])C(=O)NCCOCCNC(=O)C(C)N=[N+]=[N-]. The van der Waals surface area contributed by atoms with Gasteiger partial charge in [0.15, 0.2) is 0 Å². The van der Waals surface area contributed by atoms with Crippen molar-refractivity contribution < 1.29 is 14.3 Å². The standard InChI is InChI=1S/C10H18N8O3/c1-7(15-17-11)9(19)13-3-5-21-6-4-14-10(20)8(2)16-18-12/h7-8H,3-6H2,1-2H3,(H,13,19)(H,14,20). The highest BCUT2D eigenvalue weighted by atomic mass is 16.5. The quantitative estimate of drug-likeness (QED) is 0.262. The zero-order valence-corrected chi connectivity index (χ0v) is 11.9. The third-order valence-electron chi connectivity index (χ3n) is 2.30. The number of amides is 2. The Balaban J connectivity index is 3.61. The van der Waals surface area contributed by atoms with E-state index in [0.29, 0.717) is 0 Å². The first-order chi connectivity index (χ1) is 10.0. The number of carbonyl (C=O) groups is 2. The summed E-state index contributed by atoms with van der Waals surface area (Å²) in [6.07, 6.45) is 0. The second kappa shape index (κ2) is 11.4. The lowest BCUT2D eigenvalue weighted by Crippen LogP contribution is -2.35. The average molecular weight is 298 g/mol. The molecular weight excluding hydrogens is 280 g/mol. The minimum atomic E-state index is -0.767. The van der Waals surface area contributed by atoms with Crippen LogP contribution in [-0.4, -0.2) is 50.2 Å². The summed E-state index contributed by atoms with van der Waals surface area (Å²) in [4.78, 5) is 27.7. The second-order valence-corrected chi connectivity index (χ2v) is 3.96. The van der Waals surface area contributed by atoms with Gasteiger partial charge in [-0.05, 0) is 24.9 Å². The van der Waals surface area contributed by atoms with Crippen LogP contribution in [0, 0.1) is 0 Å². The lowest BCUT2D eigenvalue weighted by molar-refractivity contribution is -0.122. The van der Waals surface area contributed by atoms with Crippen molar-refractivity contribution in [3.63, 3.8) is 0 Å². The number of nitrogens with zero attached hydrogens (tertiary/aromatic N) is 6. The summed E-state index contributed by atoms with van der Waals surface area (Å²) in [6, 6.07) is -1.53. The Hall–Kier alpha value is -2.48. The van der Waals surface area contributed by atoms with Crippen LogP contribution in [0.5, 0.6) is 0 Å². The lowest BCUT2D eigenvalue weighted by Gasteiger charge is -2.09. The largest absolute Gasteiger partial charge is 0.378 e. The summed E-state index contributed by atoms with van der Waals surface area (Å²) in [6.45, 7) is 4.03. The molecule has 11 heteroatoms. The number of ether oxygens (including phenoxy) is 1. The highest BCUT2D eigenvalue weighted by molar-refractivity contribution is 5.81. The van der Waals surface area contributed by atoms with E-state index in [2.05, 4.69) is 30.7 Å². The van der Waals surface area contributed by atoms with Gasteiger partial charge in [-0.2, -0.15) is 0 Å². The minimum absolute atomic E-state index is 0.260. The van der Waals surface area contributed by atoms with Crippen LogP contribution in [0.1, 0.15) is 13.8 Å². The Labute approximate surface area is 121 Å². The lowest BCUT2D eigenvalue weighted by atomic mass is 10.3. The molecule has 0 heterocycles. The monoisotopic (exact) mass is 298 g/mol. The molecule has 0 fully saturated rings. The topological polar surface area (TPSA) is 165 Å². The van der Waals surface area contributed by atoms with Crippen molar-refractivity contribution in [2.24, 2.45) is 10.2 Å². The zero-order valence-electron chi connectivity index (χ0n) is 11.9. The van der Waals surface area contributed by atoms with Crippen LogP contribution < -0.4 is 10.6 Å². The first kappa shape index (κ1) is 18.5. The molecule has 0 aliphatic carbocycles. The summed E-state index contributed by atoms with van der Waals surface area (Å²) in [7, 11) is 0. The van der Waals surface area contributed by atoms with Crippen molar-refractivity contribution in [1.82, 2.24) is 10.6 Å². The van der Waals surface area contributed by atoms with Crippen LogP contribution in [0.2, 0.25) is 0 Å². The predicted octanol–water partition coefficient (Wildman–Crippen LogP) is 0.633. The van der Waals surface area contributed by atoms with Gasteiger partial charge in [0, 0.05) is 22.9 Å². The maximum absolute atomic E-state index is 11.3. The van der Waals surface area contributed by atoms with Gasteiger partial charge in [-0.15, -0.1) is 0 Å². The molecule has 0 rings (SSSR count). The van der Waals surface area contributed by atoms with Gasteiger partial charge in [-0.1, -0.05) is 10.2 Å². The first-order valence-corrected chi connectivity index (χ1v) is 6.24. The van der Waals surface area contributed by atoms with Gasteiger partial charge in [0.25, 0.3) is 0 Å². The summed E-state index contributed by atoms with van der Waals surface area (Å²) in [5, 5.41) is 11.6. The maximum atomic E-state index is 11.3. The molecule has 2 N–H and O–H groups in total. The van der Waals surface area contributed by atoms with E-state index in [1.807, 2.05) is 0 Å². The first-order valence-electron chi connectivity index (χ1n) is 6.24. The highest BCUT2D eigenvalue weighted by Crippen LogP contribution is 1.90. The van der Waals surface area contributed by atoms with Crippen LogP contribution in [0.3, 0.4) is 0 Å². The van der Waals surface area contributed by atoms with E-state index in [-0.39, 0.29) is 38.1 Å². The molecule has 21 heavy (non-hydrogen) atoms. The second-order valence-electron chi connectivity index (χ2n) is 3.96. The summed E-state index contributed by atoms with van der Waals surface area (Å²) >= 11 is 0. The van der Waals surface area contributed by atoms with Crippen molar-refractivity contribution in [3.8, 4) is 0 Å². The van der Waals surface area contributed by atoms with E-state index >= 15 is 0 Å². The Morgan fingerprint density at radius 3 is 1.71 bits per heavy atom. The summed E-state index contributed by atoms with van der Waals surface area (Å²) in [5.41, 5.74) is 16.3. The summed E-state index contributed by atoms with van der Waals surface area (Å²) < 4.78 is 5.18. The van der Waals surface area contributed by atoms with E-state index in [0.717, 1.165) is 0 Å². The molecular formula is C10H18N8O3. The highest BCUT2D eigenvalue weighted by Gasteiger charge is 2.10. The summed E-state index contributed by atoms with van der Waals surface area (Å²) in [5.74, 6) is -0.763. The molecule has 0 aromatic rings. The molecule has 0 saturated heterocycles. The van der Waals surface area contributed by atoms with Crippen molar-refractivity contribution in [2.75, 3.05) is 26.3 Å². The molecule has 0 bridgehead atoms. The number of hydrogen-bond acceptors (Lipinski definition) is 5. The number of hydrogen-bond donors (Lipinski definition) is 2. The average Bonchev–Trinajstić information content (AvgIpc) is 2.46. The van der Waals surface area contributed by atoms with Gasteiger partial charge in [-0.25, -0.2) is 0 Å². The molecule has 0 radical (unpaired) electrons. The zero-order chi connectivity index (χ0) is 16.1. The fourth-order valence-corrected chi connectivity index (χ4v) is 1.15. The van der Waals surface area contributed by atoms with Gasteiger partial charge in [-0.3, -0.25) is 9.59 Å². The van der Waals surface area contributed by atoms with Gasteiger partial charge in [0.1, 0.15) is 12.1 Å². The molecule has 2 amide bonds. The van der Waals surface area contributed by atoms with Crippen molar-refractivity contribution in [2.45, 2.75) is 25.9 Å². The Bertz CT molecular complexity index is 402. The van der Waals surface area contributed by atoms with Gasteiger partial charge < -0.3 is 15.4 Å². The molecule has 0 aromatic heterocycles. The maximum Gasteiger partial charge on any atom is 0.228 e. The molecule has 0 aliphatic heterocycles. The molecule has 0 spiro atoms. The van der Waals surface area contributed by atoms with Crippen LogP contribution in [0.15, 0.2) is 10.2 Å². The fraction of sp³-hybridized carbons (Fsp3) is 0.800. The number of rotatable bonds is 10. The Morgan fingerprint density at radius 1 is 1.00 bits per heavy atom. The van der Waals surface area contributed by atoms with Gasteiger partial charge >= 0.3 is 0 Å². The van der Waals surface area contributed by atoms with Crippen LogP contribution in [-0.2, 0) is 14.3 Å². The Kier molecular flexibility index (Phi) is 10.0. The number of carbonyl (C=O) groups excluding carboxylic acids is 2. The van der Waals surface area contributed by atoms with Crippen molar-refractivity contribution in [3.05, 3.63) is 20.9 Å². The van der Waals surface area contributed by atoms with E-state index in [9.17, 15) is 9.59 Å². The molecule has 11 nitrogen and oxygen atoms in total. The minimum Gasteiger partial charge on any atom is -0.378 e. The van der Waals surface area contributed by atoms with Crippen LogP contribution in [0.25, 0.3) is 20.9 Å². The van der Waals surface area contributed by atoms with E-state index in [4.69, 9.17) is 15.8 Å². The predicted molar refractivity (Wildman–Crippen MR) is 74.1 cm³/mol. The molecule has 0 saturated carbocycles. The Morgan fingerprint density at radius 2 is 1.38 bits per heavy atom. The van der Waals surface area contributed by atoms with E-state index in [1.165, 1.54) is 13.8 Å². The van der Waals surface area contributed by atoms with Crippen molar-refractivity contribution in [1.29, 1.82) is 0 Å². The van der Waals surface area contributed by atoms with E-state index in [1.54, 1.807) is 0 Å². The van der Waals surface area contributed by atoms with Crippen LogP contribution >= 0.6 is 0 Å². The molecule has 116 valence electrons. The van der Waals surface area contributed by atoms with Gasteiger partial charge in [0.05, 0.1) is 13.2 Å². The third-order valence-corrected chi connectivity index (χ3v) is 2.30. The normalized spacial score (nSPS) is 12.3. The fourth-order valence-electron chi connectivity index (χ4n) is 1.15. The van der Waals surface area contributed by atoms with Crippen LogP contribution in [0.4, 0.5) is 0 Å². The van der Waals surface area contributed by atoms with E-state index < -0.39 is 12.1 Å². The van der Waals surface area contributed by atoms with Crippen molar-refractivity contribution >= 4 is 11.8 Å². The smallest absolute Gasteiger partial charge is 0.228 e.